The molecule has 0 saturated carbocycles. The molecule has 0 saturated heterocycles. The Morgan fingerprint density at radius 1 is 1.62 bits per heavy atom. The molecule has 0 aromatic carbocycles. The molecular weight excluding hydrogens is 347 g/mol. The number of aromatic amines is 1. The van der Waals surface area contributed by atoms with Gasteiger partial charge in [-0.25, -0.2) is 4.98 Å². The van der Waals surface area contributed by atoms with E-state index in [0.29, 0.717) is 5.88 Å². The molecule has 68 valence electrons. The van der Waals surface area contributed by atoms with Gasteiger partial charge in [0.25, 0.3) is 0 Å². The van der Waals surface area contributed by atoms with Crippen LogP contribution in [0.5, 0.6) is 5.88 Å². The molecule has 0 bridgehead atoms. The van der Waals surface area contributed by atoms with Crippen LogP contribution in [0.15, 0.2) is 16.9 Å². The van der Waals surface area contributed by atoms with E-state index in [-0.39, 0.29) is 0 Å². The van der Waals surface area contributed by atoms with Crippen molar-refractivity contribution in [2.45, 2.75) is 0 Å². The summed E-state index contributed by atoms with van der Waals surface area (Å²) in [7, 11) is 1.60. The van der Waals surface area contributed by atoms with E-state index in [4.69, 9.17) is 4.74 Å². The van der Waals surface area contributed by atoms with Gasteiger partial charge in [-0.2, -0.15) is 0 Å². The second-order valence-corrected chi connectivity index (χ2v) is 4.46. The molecule has 2 aromatic heterocycles. The summed E-state index contributed by atoms with van der Waals surface area (Å²) in [5.74, 6) is 0.603. The Hall–Kier alpha value is -0.300. The van der Waals surface area contributed by atoms with E-state index in [1.807, 2.05) is 6.20 Å². The standard InChI is InChI=1S/C8H6BrIN2O/c1-13-8-6(9)7-4(2-12-8)5(10)3-11-7/h2-3,11H,1H3. The fraction of sp³-hybridized carbons (Fsp3) is 0.125. The van der Waals surface area contributed by atoms with Crippen molar-refractivity contribution in [2.24, 2.45) is 0 Å². The van der Waals surface area contributed by atoms with Gasteiger partial charge in [-0.15, -0.1) is 0 Å². The summed E-state index contributed by atoms with van der Waals surface area (Å²) in [6.45, 7) is 0. The number of H-pyrrole nitrogens is 1. The van der Waals surface area contributed by atoms with Gasteiger partial charge in [-0.1, -0.05) is 0 Å². The van der Waals surface area contributed by atoms with Crippen molar-refractivity contribution in [2.75, 3.05) is 7.11 Å². The van der Waals surface area contributed by atoms with Crippen molar-refractivity contribution in [3.63, 3.8) is 0 Å². The van der Waals surface area contributed by atoms with Crippen LogP contribution in [0, 0.1) is 3.57 Å². The average molecular weight is 353 g/mol. The molecule has 2 aromatic rings. The van der Waals surface area contributed by atoms with Gasteiger partial charge in [0.05, 0.1) is 12.6 Å². The number of halogens is 2. The van der Waals surface area contributed by atoms with Crippen molar-refractivity contribution in [1.82, 2.24) is 9.97 Å². The quantitative estimate of drug-likeness (QED) is 0.801. The molecule has 0 aliphatic carbocycles. The van der Waals surface area contributed by atoms with Gasteiger partial charge in [0.2, 0.25) is 5.88 Å². The Kier molecular flexibility index (Phi) is 2.46. The van der Waals surface area contributed by atoms with Crippen LogP contribution in [0.2, 0.25) is 0 Å². The second kappa shape index (κ2) is 3.45. The van der Waals surface area contributed by atoms with Crippen molar-refractivity contribution in [3.05, 3.63) is 20.4 Å². The number of hydrogen-bond acceptors (Lipinski definition) is 2. The summed E-state index contributed by atoms with van der Waals surface area (Å²) in [6.07, 6.45) is 3.74. The van der Waals surface area contributed by atoms with Gasteiger partial charge < -0.3 is 9.72 Å². The monoisotopic (exact) mass is 352 g/mol. The lowest BCUT2D eigenvalue weighted by Gasteiger charge is -2.01. The fourth-order valence-corrected chi connectivity index (χ4v) is 2.30. The lowest BCUT2D eigenvalue weighted by molar-refractivity contribution is 0.396. The molecule has 0 fully saturated rings. The largest absolute Gasteiger partial charge is 0.480 e. The maximum atomic E-state index is 5.08. The van der Waals surface area contributed by atoms with Crippen LogP contribution in [0.3, 0.4) is 0 Å². The first kappa shape index (κ1) is 9.26. The molecule has 0 aliphatic heterocycles. The molecular formula is C8H6BrIN2O. The number of rotatable bonds is 1. The predicted molar refractivity (Wildman–Crippen MR) is 63.1 cm³/mol. The third-order valence-corrected chi connectivity index (χ3v) is 3.41. The molecule has 2 rings (SSSR count). The molecule has 0 radical (unpaired) electrons. The molecule has 0 aliphatic rings. The number of aromatic nitrogens is 2. The fourth-order valence-electron chi connectivity index (χ4n) is 1.15. The minimum absolute atomic E-state index is 0.603. The Morgan fingerprint density at radius 3 is 3.08 bits per heavy atom. The van der Waals surface area contributed by atoms with Crippen molar-refractivity contribution in [1.29, 1.82) is 0 Å². The third kappa shape index (κ3) is 1.43. The lowest BCUT2D eigenvalue weighted by Crippen LogP contribution is -1.88. The lowest BCUT2D eigenvalue weighted by atomic mass is 10.3. The van der Waals surface area contributed by atoms with Crippen LogP contribution in [-0.4, -0.2) is 17.1 Å². The Balaban J connectivity index is 2.80. The molecule has 0 atom stereocenters. The van der Waals surface area contributed by atoms with E-state index >= 15 is 0 Å². The Bertz CT molecular complexity index is 455. The molecule has 0 amide bonds. The summed E-state index contributed by atoms with van der Waals surface area (Å²) < 4.78 is 7.11. The van der Waals surface area contributed by atoms with E-state index in [9.17, 15) is 0 Å². The van der Waals surface area contributed by atoms with Gasteiger partial charge in [0, 0.05) is 21.4 Å². The SMILES string of the molecule is COc1ncc2c(I)c[nH]c2c1Br. The highest BCUT2D eigenvalue weighted by Crippen LogP contribution is 2.31. The summed E-state index contributed by atoms with van der Waals surface area (Å²) in [4.78, 5) is 7.32. The number of hydrogen-bond donors (Lipinski definition) is 1. The van der Waals surface area contributed by atoms with E-state index in [1.165, 1.54) is 0 Å². The van der Waals surface area contributed by atoms with Crippen molar-refractivity contribution >= 4 is 49.4 Å². The second-order valence-electron chi connectivity index (χ2n) is 2.51. The molecule has 0 spiro atoms. The van der Waals surface area contributed by atoms with Gasteiger partial charge in [-0.3, -0.25) is 0 Å². The van der Waals surface area contributed by atoms with E-state index in [0.717, 1.165) is 18.9 Å². The van der Waals surface area contributed by atoms with Crippen LogP contribution in [-0.2, 0) is 0 Å². The zero-order valence-corrected chi connectivity index (χ0v) is 10.5. The Morgan fingerprint density at radius 2 is 2.38 bits per heavy atom. The minimum Gasteiger partial charge on any atom is -0.480 e. The van der Waals surface area contributed by atoms with Crippen LogP contribution < -0.4 is 4.74 Å². The average Bonchev–Trinajstić information content (AvgIpc) is 2.50. The summed E-state index contributed by atoms with van der Waals surface area (Å²) >= 11 is 5.69. The predicted octanol–water partition coefficient (Wildman–Crippen LogP) is 2.94. The van der Waals surface area contributed by atoms with E-state index in [2.05, 4.69) is 48.5 Å². The van der Waals surface area contributed by atoms with E-state index in [1.54, 1.807) is 13.3 Å². The van der Waals surface area contributed by atoms with Crippen LogP contribution >= 0.6 is 38.5 Å². The number of fused-ring (bicyclic) bond motifs is 1. The van der Waals surface area contributed by atoms with Crippen LogP contribution in [0.1, 0.15) is 0 Å². The maximum Gasteiger partial charge on any atom is 0.229 e. The summed E-state index contributed by atoms with van der Waals surface area (Å²) in [5.41, 5.74) is 1.02. The zero-order valence-electron chi connectivity index (χ0n) is 6.77. The molecule has 1 N–H and O–H groups in total. The first-order valence-electron chi connectivity index (χ1n) is 3.59. The summed E-state index contributed by atoms with van der Waals surface area (Å²) in [5, 5.41) is 1.10. The van der Waals surface area contributed by atoms with E-state index < -0.39 is 0 Å². The first-order chi connectivity index (χ1) is 6.24. The Labute approximate surface area is 97.1 Å². The molecule has 13 heavy (non-hydrogen) atoms. The first-order valence-corrected chi connectivity index (χ1v) is 5.46. The number of ether oxygens (including phenoxy) is 1. The minimum atomic E-state index is 0.603. The highest BCUT2D eigenvalue weighted by atomic mass is 127. The zero-order chi connectivity index (χ0) is 9.42. The number of nitrogens with zero attached hydrogens (tertiary/aromatic N) is 1. The van der Waals surface area contributed by atoms with Crippen LogP contribution in [0.4, 0.5) is 0 Å². The molecule has 2 heterocycles. The molecule has 5 heteroatoms. The highest BCUT2D eigenvalue weighted by Gasteiger charge is 2.09. The number of pyridine rings is 1. The van der Waals surface area contributed by atoms with Gasteiger partial charge >= 0.3 is 0 Å². The number of nitrogens with one attached hydrogen (secondary N) is 1. The smallest absolute Gasteiger partial charge is 0.229 e. The summed E-state index contributed by atoms with van der Waals surface area (Å²) in [6, 6.07) is 0. The highest BCUT2D eigenvalue weighted by molar-refractivity contribution is 14.1. The molecule has 3 nitrogen and oxygen atoms in total. The van der Waals surface area contributed by atoms with Crippen molar-refractivity contribution < 1.29 is 4.74 Å². The maximum absolute atomic E-state index is 5.08. The van der Waals surface area contributed by atoms with Gasteiger partial charge in [0.1, 0.15) is 4.47 Å². The third-order valence-electron chi connectivity index (χ3n) is 1.78. The van der Waals surface area contributed by atoms with Crippen LogP contribution in [0.25, 0.3) is 10.9 Å². The number of methoxy groups -OCH3 is 1. The topological polar surface area (TPSA) is 37.9 Å². The van der Waals surface area contributed by atoms with Gasteiger partial charge in [-0.05, 0) is 38.5 Å². The molecule has 0 unspecified atom stereocenters. The van der Waals surface area contributed by atoms with Crippen molar-refractivity contribution in [3.8, 4) is 5.88 Å². The normalized spacial score (nSPS) is 10.7. The van der Waals surface area contributed by atoms with Gasteiger partial charge in [0.15, 0.2) is 0 Å².